The molecule has 1 fully saturated rings. The number of hydrogen-bond acceptors (Lipinski definition) is 5. The molecule has 0 bridgehead atoms. The Balaban J connectivity index is 1.81. The van der Waals surface area contributed by atoms with Crippen molar-refractivity contribution < 1.29 is 18.3 Å². The molecule has 2 atom stereocenters. The summed E-state index contributed by atoms with van der Waals surface area (Å²) in [5.74, 6) is 0.553. The summed E-state index contributed by atoms with van der Waals surface area (Å²) in [4.78, 5) is 10.6. The van der Waals surface area contributed by atoms with Gasteiger partial charge in [-0.3, -0.25) is 4.90 Å². The smallest absolute Gasteiger partial charge is 0.387 e. The van der Waals surface area contributed by atoms with E-state index in [9.17, 15) is 8.78 Å². The van der Waals surface area contributed by atoms with E-state index in [1.165, 1.54) is 18.5 Å². The van der Waals surface area contributed by atoms with E-state index in [4.69, 9.17) is 4.74 Å². The maximum atomic E-state index is 12.3. The van der Waals surface area contributed by atoms with Crippen LogP contribution in [-0.4, -0.2) is 46.7 Å². The number of fused-ring (bicyclic) bond motifs is 1. The molecule has 2 unspecified atom stereocenters. The lowest BCUT2D eigenvalue weighted by Crippen LogP contribution is -2.28. The van der Waals surface area contributed by atoms with Gasteiger partial charge in [0.2, 0.25) is 5.88 Å². The number of ether oxygens (including phenoxy) is 2. The van der Waals surface area contributed by atoms with E-state index in [-0.39, 0.29) is 11.9 Å². The topological polar surface area (TPSA) is 47.5 Å². The van der Waals surface area contributed by atoms with Gasteiger partial charge in [0.15, 0.2) is 0 Å². The normalized spacial score (nSPS) is 22.0. The molecule has 1 aromatic carbocycles. The summed E-state index contributed by atoms with van der Waals surface area (Å²) in [7, 11) is 0. The molecule has 3 rings (SSSR count). The van der Waals surface area contributed by atoms with Crippen LogP contribution in [-0.2, 0) is 0 Å². The highest BCUT2D eigenvalue weighted by molar-refractivity contribution is 5.84. The Morgan fingerprint density at radius 3 is 2.87 bits per heavy atom. The molecule has 0 aliphatic carbocycles. The molecule has 2 heterocycles. The predicted octanol–water partition coefficient (Wildman–Crippen LogP) is 3.09. The van der Waals surface area contributed by atoms with Gasteiger partial charge in [0.1, 0.15) is 18.2 Å². The third-order valence-electron chi connectivity index (χ3n) is 4.15. The zero-order valence-electron chi connectivity index (χ0n) is 13.1. The Bertz CT molecular complexity index is 683. The summed E-state index contributed by atoms with van der Waals surface area (Å²) < 4.78 is 35.0. The standard InChI is InChI=1S/C16H19F2N3O2/c1-3-21-8-12(6-10(21)2)22-15-13-5-4-11(23-16(17)18)7-14(13)19-9-20-15/h4-5,7,9-10,12,16H,3,6,8H2,1-2H3. The van der Waals surface area contributed by atoms with Crippen molar-refractivity contribution >= 4 is 10.9 Å². The predicted molar refractivity (Wildman–Crippen MR) is 81.9 cm³/mol. The number of hydrogen-bond donors (Lipinski definition) is 0. The minimum Gasteiger partial charge on any atom is -0.472 e. The average Bonchev–Trinajstić information content (AvgIpc) is 2.86. The molecular weight excluding hydrogens is 304 g/mol. The van der Waals surface area contributed by atoms with E-state index in [1.54, 1.807) is 6.07 Å². The zero-order chi connectivity index (χ0) is 16.4. The van der Waals surface area contributed by atoms with Crippen molar-refractivity contribution in [3.8, 4) is 11.6 Å². The lowest BCUT2D eigenvalue weighted by Gasteiger charge is -2.17. The van der Waals surface area contributed by atoms with Crippen molar-refractivity contribution in [2.75, 3.05) is 13.1 Å². The summed E-state index contributed by atoms with van der Waals surface area (Å²) >= 11 is 0. The highest BCUT2D eigenvalue weighted by atomic mass is 19.3. The summed E-state index contributed by atoms with van der Waals surface area (Å²) in [6.45, 7) is 3.29. The van der Waals surface area contributed by atoms with Gasteiger partial charge in [-0.1, -0.05) is 6.92 Å². The SMILES string of the molecule is CCN1CC(Oc2ncnc3cc(OC(F)F)ccc23)CC1C. The molecule has 0 spiro atoms. The van der Waals surface area contributed by atoms with Crippen molar-refractivity contribution in [1.29, 1.82) is 0 Å². The lowest BCUT2D eigenvalue weighted by molar-refractivity contribution is -0.0497. The number of rotatable bonds is 5. The molecule has 1 aromatic heterocycles. The average molecular weight is 323 g/mol. The highest BCUT2D eigenvalue weighted by Gasteiger charge is 2.29. The summed E-state index contributed by atoms with van der Waals surface area (Å²) in [6, 6.07) is 5.06. The van der Waals surface area contributed by atoms with Gasteiger partial charge < -0.3 is 9.47 Å². The lowest BCUT2D eigenvalue weighted by atomic mass is 10.2. The van der Waals surface area contributed by atoms with E-state index < -0.39 is 6.61 Å². The molecule has 1 aliphatic rings. The largest absolute Gasteiger partial charge is 0.472 e. The maximum Gasteiger partial charge on any atom is 0.387 e. The van der Waals surface area contributed by atoms with Crippen molar-refractivity contribution in [3.05, 3.63) is 24.5 Å². The van der Waals surface area contributed by atoms with E-state index in [1.807, 2.05) is 0 Å². The first-order valence-electron chi connectivity index (χ1n) is 7.67. The molecule has 2 aromatic rings. The van der Waals surface area contributed by atoms with Gasteiger partial charge in [-0.15, -0.1) is 0 Å². The minimum atomic E-state index is -2.86. The molecule has 23 heavy (non-hydrogen) atoms. The Morgan fingerprint density at radius 1 is 1.35 bits per heavy atom. The van der Waals surface area contributed by atoms with E-state index in [2.05, 4.69) is 33.5 Å². The third-order valence-corrected chi connectivity index (χ3v) is 4.15. The molecule has 0 amide bonds. The third kappa shape index (κ3) is 3.50. The zero-order valence-corrected chi connectivity index (χ0v) is 13.1. The number of likely N-dealkylation sites (tertiary alicyclic amines) is 1. The second-order valence-electron chi connectivity index (χ2n) is 5.65. The van der Waals surface area contributed by atoms with Crippen LogP contribution < -0.4 is 9.47 Å². The van der Waals surface area contributed by atoms with E-state index in [0.29, 0.717) is 22.8 Å². The number of benzene rings is 1. The van der Waals surface area contributed by atoms with E-state index in [0.717, 1.165) is 19.5 Å². The maximum absolute atomic E-state index is 12.3. The molecule has 1 aliphatic heterocycles. The van der Waals surface area contributed by atoms with Gasteiger partial charge in [0, 0.05) is 25.1 Å². The van der Waals surface area contributed by atoms with Crippen molar-refractivity contribution in [3.63, 3.8) is 0 Å². The summed E-state index contributed by atoms with van der Waals surface area (Å²) in [5, 5.41) is 0.691. The Kier molecular flexibility index (Phi) is 4.56. The van der Waals surface area contributed by atoms with Crippen molar-refractivity contribution in [2.24, 2.45) is 0 Å². The Morgan fingerprint density at radius 2 is 2.17 bits per heavy atom. The van der Waals surface area contributed by atoms with Crippen LogP contribution in [0.2, 0.25) is 0 Å². The molecule has 1 saturated heterocycles. The van der Waals surface area contributed by atoms with Gasteiger partial charge >= 0.3 is 6.61 Å². The first-order chi connectivity index (χ1) is 11.1. The second-order valence-corrected chi connectivity index (χ2v) is 5.65. The fourth-order valence-corrected chi connectivity index (χ4v) is 3.01. The van der Waals surface area contributed by atoms with E-state index >= 15 is 0 Å². The van der Waals surface area contributed by atoms with Gasteiger partial charge in [0.05, 0.1) is 10.9 Å². The molecule has 7 heteroatoms. The number of halogens is 2. The first-order valence-corrected chi connectivity index (χ1v) is 7.67. The van der Waals surface area contributed by atoms with Gasteiger partial charge in [0.25, 0.3) is 0 Å². The fourth-order valence-electron chi connectivity index (χ4n) is 3.01. The Labute approximate surface area is 133 Å². The number of alkyl halides is 2. The van der Waals surface area contributed by atoms with Crippen molar-refractivity contribution in [2.45, 2.75) is 39.0 Å². The van der Waals surface area contributed by atoms with Crippen LogP contribution in [0.5, 0.6) is 11.6 Å². The second kappa shape index (κ2) is 6.62. The van der Waals surface area contributed by atoms with Gasteiger partial charge in [-0.2, -0.15) is 8.78 Å². The minimum absolute atomic E-state index is 0.0695. The van der Waals surface area contributed by atoms with Crippen LogP contribution in [0.1, 0.15) is 20.3 Å². The fraction of sp³-hybridized carbons (Fsp3) is 0.500. The molecule has 0 radical (unpaired) electrons. The number of likely N-dealkylation sites (N-methyl/N-ethyl adjacent to an activating group) is 1. The van der Waals surface area contributed by atoms with Gasteiger partial charge in [-0.25, -0.2) is 9.97 Å². The Hall–Kier alpha value is -2.02. The molecular formula is C16H19F2N3O2. The summed E-state index contributed by atoms with van der Waals surface area (Å²) in [5.41, 5.74) is 0.520. The monoisotopic (exact) mass is 323 g/mol. The molecule has 0 saturated carbocycles. The quantitative estimate of drug-likeness (QED) is 0.846. The first kappa shape index (κ1) is 15.9. The van der Waals surface area contributed by atoms with Gasteiger partial charge in [-0.05, 0) is 25.6 Å². The molecule has 5 nitrogen and oxygen atoms in total. The van der Waals surface area contributed by atoms with Crippen LogP contribution >= 0.6 is 0 Å². The summed E-state index contributed by atoms with van der Waals surface area (Å²) in [6.07, 6.45) is 2.38. The van der Waals surface area contributed by atoms with Crippen LogP contribution in [0.4, 0.5) is 8.78 Å². The number of nitrogens with zero attached hydrogens (tertiary/aromatic N) is 3. The van der Waals surface area contributed by atoms with Crippen LogP contribution in [0.3, 0.4) is 0 Å². The van der Waals surface area contributed by atoms with Crippen LogP contribution in [0, 0.1) is 0 Å². The van der Waals surface area contributed by atoms with Crippen molar-refractivity contribution in [1.82, 2.24) is 14.9 Å². The molecule has 0 N–H and O–H groups in total. The molecule has 124 valence electrons. The highest BCUT2D eigenvalue weighted by Crippen LogP contribution is 2.29. The van der Waals surface area contributed by atoms with Crippen LogP contribution in [0.25, 0.3) is 10.9 Å². The number of aromatic nitrogens is 2. The van der Waals surface area contributed by atoms with Crippen LogP contribution in [0.15, 0.2) is 24.5 Å².